The summed E-state index contributed by atoms with van der Waals surface area (Å²) < 4.78 is 0. The summed E-state index contributed by atoms with van der Waals surface area (Å²) in [6.45, 7) is 3.46. The summed E-state index contributed by atoms with van der Waals surface area (Å²) in [6, 6.07) is 0. The second kappa shape index (κ2) is 4.42. The van der Waals surface area contributed by atoms with Crippen LogP contribution in [0, 0.1) is 0 Å². The van der Waals surface area contributed by atoms with Crippen molar-refractivity contribution in [1.29, 1.82) is 0 Å². The molecule has 0 aromatic rings. The Morgan fingerprint density at radius 2 is 1.92 bits per heavy atom. The molecule has 0 atom stereocenters. The zero-order chi connectivity index (χ0) is 9.78. The Morgan fingerprint density at radius 1 is 1.42 bits per heavy atom. The number of nitrogens with one attached hydrogen (secondary N) is 1. The van der Waals surface area contributed by atoms with Crippen LogP contribution in [-0.4, -0.2) is 43.6 Å². The van der Waals surface area contributed by atoms with E-state index in [1.165, 1.54) is 0 Å². The lowest BCUT2D eigenvalue weighted by Crippen LogP contribution is -2.48. The molecule has 0 saturated carbocycles. The van der Waals surface area contributed by atoms with Gasteiger partial charge in [-0.15, -0.1) is 0 Å². The third-order valence-corrected chi connectivity index (χ3v) is 1.30. The zero-order valence-electron chi connectivity index (χ0n) is 8.18. The molecule has 0 spiro atoms. The fourth-order valence-electron chi connectivity index (χ4n) is 0.740. The molecular formula is C8H17N2O2. The molecule has 0 rings (SSSR count). The molecule has 0 aromatic heterocycles. The third-order valence-electron chi connectivity index (χ3n) is 1.30. The van der Waals surface area contributed by atoms with Gasteiger partial charge in [0.25, 0.3) is 0 Å². The summed E-state index contributed by atoms with van der Waals surface area (Å²) in [6.07, 6.45) is 0. The van der Waals surface area contributed by atoms with Crippen LogP contribution in [0.3, 0.4) is 0 Å². The summed E-state index contributed by atoms with van der Waals surface area (Å²) in [5.41, 5.74) is -0.632. The molecule has 12 heavy (non-hydrogen) atoms. The molecule has 0 aliphatic rings. The molecule has 1 radical (unpaired) electrons. The Labute approximate surface area is 73.6 Å². The molecule has 0 aromatic carbocycles. The van der Waals surface area contributed by atoms with Crippen molar-refractivity contribution in [2.24, 2.45) is 0 Å². The van der Waals surface area contributed by atoms with E-state index in [4.69, 9.17) is 0 Å². The van der Waals surface area contributed by atoms with Crippen molar-refractivity contribution in [2.75, 3.05) is 27.2 Å². The molecule has 0 fully saturated rings. The van der Waals surface area contributed by atoms with Gasteiger partial charge in [0.15, 0.2) is 0 Å². The van der Waals surface area contributed by atoms with E-state index in [1.54, 1.807) is 18.7 Å². The van der Waals surface area contributed by atoms with Crippen molar-refractivity contribution in [3.63, 3.8) is 0 Å². The first kappa shape index (κ1) is 11.4. The van der Waals surface area contributed by atoms with Gasteiger partial charge in [-0.1, -0.05) is 0 Å². The minimum absolute atomic E-state index is 0.110. The molecule has 1 N–H and O–H groups in total. The van der Waals surface area contributed by atoms with Crippen LogP contribution in [0.2, 0.25) is 0 Å². The maximum absolute atomic E-state index is 11.1. The van der Waals surface area contributed by atoms with Crippen molar-refractivity contribution < 1.29 is 9.90 Å². The molecule has 0 aliphatic heterocycles. The average Bonchev–Trinajstić information content (AvgIpc) is 1.84. The number of hydrogen-bond donors (Lipinski definition) is 1. The number of carbonyl (C=O) groups is 1. The Hall–Kier alpha value is -0.610. The molecule has 0 bridgehead atoms. The number of nitrogens with zero attached hydrogens (tertiary/aromatic N) is 1. The van der Waals surface area contributed by atoms with Crippen molar-refractivity contribution in [2.45, 2.75) is 19.4 Å². The first-order chi connectivity index (χ1) is 5.37. The number of hydrogen-bond acceptors (Lipinski definition) is 2. The normalized spacial score (nSPS) is 11.8. The predicted molar refractivity (Wildman–Crippen MR) is 46.3 cm³/mol. The highest BCUT2D eigenvalue weighted by Gasteiger charge is 2.19. The van der Waals surface area contributed by atoms with E-state index in [1.807, 2.05) is 14.1 Å². The van der Waals surface area contributed by atoms with Gasteiger partial charge < -0.3 is 10.2 Å². The van der Waals surface area contributed by atoms with Crippen LogP contribution >= 0.6 is 0 Å². The van der Waals surface area contributed by atoms with Crippen LogP contribution in [0.1, 0.15) is 13.8 Å². The van der Waals surface area contributed by atoms with E-state index in [0.29, 0.717) is 6.54 Å². The first-order valence-electron chi connectivity index (χ1n) is 3.91. The lowest BCUT2D eigenvalue weighted by Gasteiger charge is -2.23. The molecule has 0 saturated heterocycles. The van der Waals surface area contributed by atoms with Gasteiger partial charge in [0, 0.05) is 0 Å². The minimum atomic E-state index is -0.632. The summed E-state index contributed by atoms with van der Waals surface area (Å²) >= 11 is 0. The number of carbonyl (C=O) groups excluding carboxylic acids is 1. The maximum Gasteiger partial charge on any atom is 0.234 e. The molecule has 71 valence electrons. The van der Waals surface area contributed by atoms with Crippen LogP contribution in [0.4, 0.5) is 0 Å². The van der Waals surface area contributed by atoms with Gasteiger partial charge in [0.05, 0.1) is 12.1 Å². The van der Waals surface area contributed by atoms with Crippen LogP contribution in [0.5, 0.6) is 0 Å². The van der Waals surface area contributed by atoms with Gasteiger partial charge in [-0.2, -0.15) is 0 Å². The van der Waals surface area contributed by atoms with E-state index in [2.05, 4.69) is 5.32 Å². The number of rotatable bonds is 4. The largest absolute Gasteiger partial charge is 0.348 e. The van der Waals surface area contributed by atoms with Crippen LogP contribution in [0.15, 0.2) is 0 Å². The lowest BCUT2D eigenvalue weighted by molar-refractivity contribution is -0.124. The minimum Gasteiger partial charge on any atom is -0.348 e. The topological polar surface area (TPSA) is 52.2 Å². The highest BCUT2D eigenvalue weighted by atomic mass is 16.3. The number of likely N-dealkylation sites (N-methyl/N-ethyl adjacent to an activating group) is 1. The van der Waals surface area contributed by atoms with E-state index >= 15 is 0 Å². The average molecular weight is 173 g/mol. The molecule has 1 amide bonds. The van der Waals surface area contributed by atoms with E-state index in [-0.39, 0.29) is 12.5 Å². The van der Waals surface area contributed by atoms with Crippen LogP contribution < -0.4 is 5.32 Å². The smallest absolute Gasteiger partial charge is 0.234 e. The van der Waals surface area contributed by atoms with E-state index in [0.717, 1.165) is 0 Å². The standard InChI is InChI=1S/C8H17N2O2/c1-8(2,6-11)9-7(12)5-10(3)4/h5-6H2,1-4H3,(H,9,12). The number of amides is 1. The molecule has 0 heterocycles. The second-order valence-electron chi connectivity index (χ2n) is 3.81. The summed E-state index contributed by atoms with van der Waals surface area (Å²) in [7, 11) is 3.62. The molecule has 0 aliphatic carbocycles. The van der Waals surface area contributed by atoms with Crippen molar-refractivity contribution in [3.05, 3.63) is 0 Å². The van der Waals surface area contributed by atoms with Crippen molar-refractivity contribution in [1.82, 2.24) is 10.2 Å². The Kier molecular flexibility index (Phi) is 4.20. The highest BCUT2D eigenvalue weighted by Crippen LogP contribution is 1.99. The van der Waals surface area contributed by atoms with Gasteiger partial charge in [-0.25, -0.2) is 5.11 Å². The maximum atomic E-state index is 11.1. The Balaban J connectivity index is 3.84. The fourth-order valence-corrected chi connectivity index (χ4v) is 0.740. The van der Waals surface area contributed by atoms with E-state index < -0.39 is 5.54 Å². The Bertz CT molecular complexity index is 155. The first-order valence-corrected chi connectivity index (χ1v) is 3.91. The van der Waals surface area contributed by atoms with Crippen LogP contribution in [0.25, 0.3) is 0 Å². The SMILES string of the molecule is CN(C)CC(=O)NC(C)(C)C[O]. The van der Waals surface area contributed by atoms with Gasteiger partial charge in [-0.05, 0) is 27.9 Å². The quantitative estimate of drug-likeness (QED) is 0.644. The van der Waals surface area contributed by atoms with Gasteiger partial charge in [-0.3, -0.25) is 4.79 Å². The monoisotopic (exact) mass is 173 g/mol. The molecule has 4 heteroatoms. The highest BCUT2D eigenvalue weighted by molar-refractivity contribution is 5.78. The molecule has 0 unspecified atom stereocenters. The van der Waals surface area contributed by atoms with Gasteiger partial charge in [0.2, 0.25) is 5.91 Å². The van der Waals surface area contributed by atoms with Crippen molar-refractivity contribution in [3.8, 4) is 0 Å². The summed E-state index contributed by atoms with van der Waals surface area (Å²) in [5.74, 6) is -0.110. The third kappa shape index (κ3) is 5.09. The predicted octanol–water partition coefficient (Wildman–Crippen LogP) is -0.127. The van der Waals surface area contributed by atoms with Crippen LogP contribution in [-0.2, 0) is 9.90 Å². The second-order valence-corrected chi connectivity index (χ2v) is 3.81. The van der Waals surface area contributed by atoms with Gasteiger partial charge in [0.1, 0.15) is 6.61 Å². The van der Waals surface area contributed by atoms with Crippen molar-refractivity contribution >= 4 is 5.91 Å². The summed E-state index contributed by atoms with van der Waals surface area (Å²) in [5, 5.41) is 13.2. The van der Waals surface area contributed by atoms with E-state index in [9.17, 15) is 9.90 Å². The molecular weight excluding hydrogens is 156 g/mol. The molecule has 4 nitrogen and oxygen atoms in total. The summed E-state index contributed by atoms with van der Waals surface area (Å²) in [4.78, 5) is 12.9. The zero-order valence-corrected chi connectivity index (χ0v) is 8.18. The fraction of sp³-hybridized carbons (Fsp3) is 0.875. The lowest BCUT2D eigenvalue weighted by atomic mass is 10.1. The van der Waals surface area contributed by atoms with Gasteiger partial charge >= 0.3 is 0 Å². The Morgan fingerprint density at radius 3 is 2.25 bits per heavy atom.